The summed E-state index contributed by atoms with van der Waals surface area (Å²) < 4.78 is 24.4. The summed E-state index contributed by atoms with van der Waals surface area (Å²) >= 11 is 0. The van der Waals surface area contributed by atoms with Gasteiger partial charge in [0.1, 0.15) is 0 Å². The SMILES string of the molecule is CS(=O)(=O)N1CCC[C@@H](C(=O)N2CCCC2)C1. The van der Waals surface area contributed by atoms with Crippen molar-refractivity contribution in [3.05, 3.63) is 0 Å². The maximum atomic E-state index is 12.2. The third-order valence-electron chi connectivity index (χ3n) is 3.62. The molecular weight excluding hydrogens is 240 g/mol. The molecule has 0 saturated carbocycles. The largest absolute Gasteiger partial charge is 0.342 e. The highest BCUT2D eigenvalue weighted by molar-refractivity contribution is 7.88. The number of piperidine rings is 1. The Hall–Kier alpha value is -0.620. The van der Waals surface area contributed by atoms with Gasteiger partial charge in [0.25, 0.3) is 0 Å². The van der Waals surface area contributed by atoms with E-state index in [9.17, 15) is 13.2 Å². The fourth-order valence-electron chi connectivity index (χ4n) is 2.64. The van der Waals surface area contributed by atoms with E-state index in [2.05, 4.69) is 0 Å². The Bertz CT molecular complexity index is 388. The van der Waals surface area contributed by atoms with Crippen molar-refractivity contribution in [3.63, 3.8) is 0 Å². The van der Waals surface area contributed by atoms with E-state index in [1.54, 1.807) is 0 Å². The van der Waals surface area contributed by atoms with Crippen molar-refractivity contribution < 1.29 is 13.2 Å². The molecule has 98 valence electrons. The van der Waals surface area contributed by atoms with Crippen LogP contribution in [0.5, 0.6) is 0 Å². The first kappa shape index (κ1) is 12.8. The second kappa shape index (κ2) is 4.94. The summed E-state index contributed by atoms with van der Waals surface area (Å²) in [4.78, 5) is 14.1. The molecule has 1 amide bonds. The van der Waals surface area contributed by atoms with Crippen LogP contribution >= 0.6 is 0 Å². The molecule has 0 aromatic heterocycles. The highest BCUT2D eigenvalue weighted by Gasteiger charge is 2.33. The normalized spacial score (nSPS) is 27.4. The number of rotatable bonds is 2. The van der Waals surface area contributed by atoms with Gasteiger partial charge in [0.05, 0.1) is 12.2 Å². The maximum absolute atomic E-state index is 12.2. The van der Waals surface area contributed by atoms with Gasteiger partial charge >= 0.3 is 0 Å². The Morgan fingerprint density at radius 3 is 2.35 bits per heavy atom. The second-order valence-corrected chi connectivity index (χ2v) is 6.97. The lowest BCUT2D eigenvalue weighted by molar-refractivity contribution is -0.135. The van der Waals surface area contributed by atoms with Crippen LogP contribution in [0, 0.1) is 5.92 Å². The lowest BCUT2D eigenvalue weighted by atomic mass is 9.98. The van der Waals surface area contributed by atoms with Gasteiger partial charge in [-0.1, -0.05) is 0 Å². The molecule has 1 atom stereocenters. The number of amides is 1. The van der Waals surface area contributed by atoms with Crippen molar-refractivity contribution in [1.82, 2.24) is 9.21 Å². The molecule has 0 bridgehead atoms. The predicted octanol–water partition coefficient (Wildman–Crippen LogP) is 0.280. The first-order chi connectivity index (χ1) is 7.98. The van der Waals surface area contributed by atoms with Gasteiger partial charge in [0.15, 0.2) is 0 Å². The van der Waals surface area contributed by atoms with Crippen molar-refractivity contribution in [1.29, 1.82) is 0 Å². The highest BCUT2D eigenvalue weighted by atomic mass is 32.2. The molecule has 0 spiro atoms. The van der Waals surface area contributed by atoms with Crippen LogP contribution in [0.2, 0.25) is 0 Å². The zero-order chi connectivity index (χ0) is 12.5. The van der Waals surface area contributed by atoms with Crippen molar-refractivity contribution in [2.24, 2.45) is 5.92 Å². The van der Waals surface area contributed by atoms with E-state index in [0.29, 0.717) is 13.1 Å². The van der Waals surface area contributed by atoms with E-state index in [1.165, 1.54) is 10.6 Å². The summed E-state index contributed by atoms with van der Waals surface area (Å²) in [5, 5.41) is 0. The molecule has 0 aromatic rings. The molecular formula is C11H20N2O3S. The number of carbonyl (C=O) groups is 1. The fourth-order valence-corrected chi connectivity index (χ4v) is 3.55. The number of nitrogens with zero attached hydrogens (tertiary/aromatic N) is 2. The van der Waals surface area contributed by atoms with Gasteiger partial charge in [-0.25, -0.2) is 12.7 Å². The van der Waals surface area contributed by atoms with Crippen LogP contribution in [0.1, 0.15) is 25.7 Å². The van der Waals surface area contributed by atoms with Gasteiger partial charge < -0.3 is 4.90 Å². The molecule has 6 heteroatoms. The summed E-state index contributed by atoms with van der Waals surface area (Å²) in [5.74, 6) is 0.0208. The lowest BCUT2D eigenvalue weighted by Crippen LogP contribution is -2.45. The first-order valence-corrected chi connectivity index (χ1v) is 8.07. The van der Waals surface area contributed by atoms with Crippen LogP contribution in [0.25, 0.3) is 0 Å². The molecule has 2 saturated heterocycles. The van der Waals surface area contributed by atoms with E-state index in [4.69, 9.17) is 0 Å². The smallest absolute Gasteiger partial charge is 0.227 e. The number of likely N-dealkylation sites (tertiary alicyclic amines) is 1. The predicted molar refractivity (Wildman–Crippen MR) is 65.0 cm³/mol. The topological polar surface area (TPSA) is 57.7 Å². The minimum absolute atomic E-state index is 0.128. The fraction of sp³-hybridized carbons (Fsp3) is 0.909. The van der Waals surface area contributed by atoms with Crippen LogP contribution in [-0.2, 0) is 14.8 Å². The Morgan fingerprint density at radius 2 is 1.76 bits per heavy atom. The Labute approximate surface area is 103 Å². The van der Waals surface area contributed by atoms with Crippen LogP contribution < -0.4 is 0 Å². The van der Waals surface area contributed by atoms with Crippen LogP contribution in [0.4, 0.5) is 0 Å². The third kappa shape index (κ3) is 2.98. The summed E-state index contributed by atoms with van der Waals surface area (Å²) in [7, 11) is -3.15. The van der Waals surface area contributed by atoms with Gasteiger partial charge in [0, 0.05) is 26.2 Å². The molecule has 5 nitrogen and oxygen atoms in total. The first-order valence-electron chi connectivity index (χ1n) is 6.22. The van der Waals surface area contributed by atoms with Crippen LogP contribution in [0.3, 0.4) is 0 Å². The van der Waals surface area contributed by atoms with Gasteiger partial charge in [-0.05, 0) is 25.7 Å². The van der Waals surface area contributed by atoms with E-state index in [-0.39, 0.29) is 11.8 Å². The standard InChI is InChI=1S/C11H20N2O3S/c1-17(15,16)13-8-4-5-10(9-13)11(14)12-6-2-3-7-12/h10H,2-9H2,1H3/t10-/m1/s1. The Balaban J connectivity index is 1.99. The van der Waals surface area contributed by atoms with Crippen LogP contribution in [-0.4, -0.2) is 56.0 Å². The lowest BCUT2D eigenvalue weighted by Gasteiger charge is -2.32. The quantitative estimate of drug-likeness (QED) is 0.716. The van der Waals surface area contributed by atoms with Crippen molar-refractivity contribution in [2.75, 3.05) is 32.4 Å². The van der Waals surface area contributed by atoms with Gasteiger partial charge in [0.2, 0.25) is 15.9 Å². The molecule has 17 heavy (non-hydrogen) atoms. The Kier molecular flexibility index (Phi) is 3.73. The van der Waals surface area contributed by atoms with E-state index < -0.39 is 10.0 Å². The van der Waals surface area contributed by atoms with Gasteiger partial charge in [-0.15, -0.1) is 0 Å². The number of hydrogen-bond acceptors (Lipinski definition) is 3. The minimum Gasteiger partial charge on any atom is -0.342 e. The number of carbonyl (C=O) groups excluding carboxylic acids is 1. The Morgan fingerprint density at radius 1 is 1.12 bits per heavy atom. The minimum atomic E-state index is -3.15. The molecule has 2 aliphatic rings. The van der Waals surface area contributed by atoms with Crippen molar-refractivity contribution in [3.8, 4) is 0 Å². The summed E-state index contributed by atoms with van der Waals surface area (Å²) in [6.07, 6.45) is 4.98. The molecule has 0 N–H and O–H groups in total. The van der Waals surface area contributed by atoms with Crippen LogP contribution in [0.15, 0.2) is 0 Å². The highest BCUT2D eigenvalue weighted by Crippen LogP contribution is 2.22. The van der Waals surface area contributed by atoms with E-state index in [0.717, 1.165) is 38.8 Å². The summed E-state index contributed by atoms with van der Waals surface area (Å²) in [6.45, 7) is 2.61. The zero-order valence-electron chi connectivity index (χ0n) is 10.3. The van der Waals surface area contributed by atoms with Gasteiger partial charge in [-0.2, -0.15) is 0 Å². The molecule has 0 aromatic carbocycles. The molecule has 0 aliphatic carbocycles. The summed E-state index contributed by atoms with van der Waals surface area (Å²) in [6, 6.07) is 0. The second-order valence-electron chi connectivity index (χ2n) is 4.99. The molecule has 2 fully saturated rings. The van der Waals surface area contributed by atoms with Crippen molar-refractivity contribution >= 4 is 15.9 Å². The van der Waals surface area contributed by atoms with Gasteiger partial charge in [-0.3, -0.25) is 4.79 Å². The number of sulfonamides is 1. The average molecular weight is 260 g/mol. The number of hydrogen-bond donors (Lipinski definition) is 0. The van der Waals surface area contributed by atoms with E-state index in [1.807, 2.05) is 4.90 Å². The molecule has 2 aliphatic heterocycles. The monoisotopic (exact) mass is 260 g/mol. The maximum Gasteiger partial charge on any atom is 0.227 e. The zero-order valence-corrected chi connectivity index (χ0v) is 11.1. The molecule has 0 unspecified atom stereocenters. The average Bonchev–Trinajstić information content (AvgIpc) is 2.80. The van der Waals surface area contributed by atoms with E-state index >= 15 is 0 Å². The van der Waals surface area contributed by atoms with Crippen molar-refractivity contribution in [2.45, 2.75) is 25.7 Å². The molecule has 0 radical (unpaired) electrons. The summed E-state index contributed by atoms with van der Waals surface area (Å²) in [5.41, 5.74) is 0. The third-order valence-corrected chi connectivity index (χ3v) is 4.89. The molecule has 2 rings (SSSR count). The molecule has 2 heterocycles.